The molecule has 0 heterocycles. The zero-order valence-corrected chi connectivity index (χ0v) is 5.88. The first-order valence-electron chi connectivity index (χ1n) is 2.65. The fourth-order valence-corrected chi connectivity index (χ4v) is 0.440. The molecule has 52 valence electrons. The SMILES string of the molecule is CC(=C=O)C(O)N(C)C. The molecule has 1 unspecified atom stereocenters. The Morgan fingerprint density at radius 1 is 1.67 bits per heavy atom. The fraction of sp³-hybridized carbons (Fsp3) is 0.667. The van der Waals surface area contributed by atoms with E-state index in [0.29, 0.717) is 5.57 Å². The van der Waals surface area contributed by atoms with Crippen LogP contribution in [0.5, 0.6) is 0 Å². The van der Waals surface area contributed by atoms with Gasteiger partial charge in [-0.05, 0) is 21.0 Å². The van der Waals surface area contributed by atoms with Gasteiger partial charge in [-0.1, -0.05) is 0 Å². The molecule has 0 aliphatic rings. The Kier molecular flexibility index (Phi) is 3.17. The third kappa shape index (κ3) is 2.42. The van der Waals surface area contributed by atoms with Gasteiger partial charge in [0.25, 0.3) is 0 Å². The summed E-state index contributed by atoms with van der Waals surface area (Å²) in [5.41, 5.74) is 0.306. The van der Waals surface area contributed by atoms with Crippen LogP contribution in [0.2, 0.25) is 0 Å². The maximum atomic E-state index is 9.90. The fourth-order valence-electron chi connectivity index (χ4n) is 0.440. The van der Waals surface area contributed by atoms with Crippen LogP contribution in [0.15, 0.2) is 5.57 Å². The highest BCUT2D eigenvalue weighted by Gasteiger charge is 2.07. The Morgan fingerprint density at radius 2 is 2.11 bits per heavy atom. The van der Waals surface area contributed by atoms with E-state index in [2.05, 4.69) is 0 Å². The molecule has 0 amide bonds. The molecule has 0 saturated carbocycles. The molecule has 1 atom stereocenters. The standard InChI is InChI=1S/C6H11NO2/c1-5(4-8)6(9)7(2)3/h6,9H,1-3H3. The molecule has 0 fully saturated rings. The van der Waals surface area contributed by atoms with Crippen LogP contribution in [-0.4, -0.2) is 36.3 Å². The van der Waals surface area contributed by atoms with Crippen molar-refractivity contribution in [1.82, 2.24) is 4.90 Å². The predicted molar refractivity (Wildman–Crippen MR) is 34.6 cm³/mol. The summed E-state index contributed by atoms with van der Waals surface area (Å²) in [5.74, 6) is 1.62. The number of carbonyl (C=O) groups excluding carboxylic acids is 1. The number of hydrogen-bond acceptors (Lipinski definition) is 3. The van der Waals surface area contributed by atoms with Gasteiger partial charge in [-0.2, -0.15) is 0 Å². The van der Waals surface area contributed by atoms with Crippen LogP contribution < -0.4 is 0 Å². The van der Waals surface area contributed by atoms with Crippen molar-refractivity contribution < 1.29 is 9.90 Å². The zero-order valence-electron chi connectivity index (χ0n) is 5.88. The molecule has 0 aromatic rings. The predicted octanol–water partition coefficient (Wildman–Crippen LogP) is -0.356. The van der Waals surface area contributed by atoms with E-state index < -0.39 is 6.23 Å². The van der Waals surface area contributed by atoms with Gasteiger partial charge in [0.1, 0.15) is 12.2 Å². The minimum absolute atomic E-state index is 0.306. The summed E-state index contributed by atoms with van der Waals surface area (Å²) in [6.45, 7) is 1.54. The van der Waals surface area contributed by atoms with Crippen LogP contribution in [0.3, 0.4) is 0 Å². The molecule has 3 heteroatoms. The Bertz CT molecular complexity index is 136. The van der Waals surface area contributed by atoms with Crippen molar-refractivity contribution >= 4 is 5.94 Å². The summed E-state index contributed by atoms with van der Waals surface area (Å²) in [6.07, 6.45) is -0.789. The Labute approximate surface area is 54.6 Å². The summed E-state index contributed by atoms with van der Waals surface area (Å²) in [7, 11) is 3.37. The van der Waals surface area contributed by atoms with Crippen LogP contribution >= 0.6 is 0 Å². The van der Waals surface area contributed by atoms with E-state index in [4.69, 9.17) is 5.11 Å². The third-order valence-corrected chi connectivity index (χ3v) is 1.04. The molecular weight excluding hydrogens is 118 g/mol. The van der Waals surface area contributed by atoms with Gasteiger partial charge in [0.05, 0.1) is 5.57 Å². The minimum Gasteiger partial charge on any atom is -0.374 e. The number of aliphatic hydroxyl groups is 1. The highest BCUT2D eigenvalue weighted by Crippen LogP contribution is 1.97. The lowest BCUT2D eigenvalue weighted by atomic mass is 10.3. The van der Waals surface area contributed by atoms with Gasteiger partial charge in [0.15, 0.2) is 0 Å². The second kappa shape index (κ2) is 3.41. The number of aliphatic hydroxyl groups excluding tert-OH is 1. The first-order valence-corrected chi connectivity index (χ1v) is 2.65. The minimum atomic E-state index is -0.789. The first kappa shape index (κ1) is 8.37. The molecular formula is C6H11NO2. The highest BCUT2D eigenvalue weighted by atomic mass is 16.3. The third-order valence-electron chi connectivity index (χ3n) is 1.04. The maximum absolute atomic E-state index is 9.90. The Hall–Kier alpha value is -0.630. The van der Waals surface area contributed by atoms with Crippen molar-refractivity contribution in [3.8, 4) is 0 Å². The Balaban J connectivity index is 4.04. The summed E-state index contributed by atoms with van der Waals surface area (Å²) in [5, 5.41) is 9.02. The lowest BCUT2D eigenvalue weighted by Crippen LogP contribution is -2.28. The van der Waals surface area contributed by atoms with Crippen LogP contribution in [0.25, 0.3) is 0 Å². The first-order chi connectivity index (χ1) is 4.09. The molecule has 1 N–H and O–H groups in total. The van der Waals surface area contributed by atoms with Crippen molar-refractivity contribution in [3.63, 3.8) is 0 Å². The van der Waals surface area contributed by atoms with Crippen molar-refractivity contribution in [2.75, 3.05) is 14.1 Å². The van der Waals surface area contributed by atoms with Gasteiger partial charge in [-0.3, -0.25) is 4.90 Å². The molecule has 0 aromatic carbocycles. The van der Waals surface area contributed by atoms with Gasteiger partial charge < -0.3 is 5.11 Å². The van der Waals surface area contributed by atoms with Gasteiger partial charge in [-0.15, -0.1) is 0 Å². The molecule has 0 spiro atoms. The largest absolute Gasteiger partial charge is 0.374 e. The van der Waals surface area contributed by atoms with Crippen LogP contribution in [0, 0.1) is 0 Å². The van der Waals surface area contributed by atoms with Gasteiger partial charge in [-0.25, -0.2) is 4.79 Å². The number of rotatable bonds is 2. The molecule has 0 aromatic heterocycles. The molecule has 0 bridgehead atoms. The number of hydrogen-bond donors (Lipinski definition) is 1. The van der Waals surface area contributed by atoms with E-state index in [9.17, 15) is 4.79 Å². The topological polar surface area (TPSA) is 40.5 Å². The highest BCUT2D eigenvalue weighted by molar-refractivity contribution is 5.52. The van der Waals surface area contributed by atoms with Crippen molar-refractivity contribution in [1.29, 1.82) is 0 Å². The molecule has 0 aliphatic heterocycles. The second-order valence-corrected chi connectivity index (χ2v) is 2.12. The van der Waals surface area contributed by atoms with Crippen molar-refractivity contribution in [2.24, 2.45) is 0 Å². The summed E-state index contributed by atoms with van der Waals surface area (Å²) in [6, 6.07) is 0. The van der Waals surface area contributed by atoms with Gasteiger partial charge in [0, 0.05) is 0 Å². The molecule has 0 radical (unpaired) electrons. The monoisotopic (exact) mass is 129 g/mol. The molecule has 0 aliphatic carbocycles. The summed E-state index contributed by atoms with van der Waals surface area (Å²) in [4.78, 5) is 11.4. The van der Waals surface area contributed by atoms with E-state index >= 15 is 0 Å². The Morgan fingerprint density at radius 3 is 2.22 bits per heavy atom. The molecule has 9 heavy (non-hydrogen) atoms. The zero-order chi connectivity index (χ0) is 7.44. The van der Waals surface area contributed by atoms with E-state index in [-0.39, 0.29) is 0 Å². The van der Waals surface area contributed by atoms with Gasteiger partial charge >= 0.3 is 0 Å². The second-order valence-electron chi connectivity index (χ2n) is 2.12. The van der Waals surface area contributed by atoms with E-state index in [1.165, 1.54) is 11.8 Å². The van der Waals surface area contributed by atoms with E-state index in [1.807, 2.05) is 0 Å². The molecule has 3 nitrogen and oxygen atoms in total. The quantitative estimate of drug-likeness (QED) is 0.409. The molecule has 0 rings (SSSR count). The van der Waals surface area contributed by atoms with Crippen LogP contribution in [0.4, 0.5) is 0 Å². The van der Waals surface area contributed by atoms with Crippen molar-refractivity contribution in [3.05, 3.63) is 5.57 Å². The maximum Gasteiger partial charge on any atom is 0.139 e. The normalized spacial score (nSPS) is 13.0. The van der Waals surface area contributed by atoms with E-state index in [1.54, 1.807) is 20.0 Å². The summed E-state index contributed by atoms with van der Waals surface area (Å²) < 4.78 is 0. The number of nitrogens with zero attached hydrogens (tertiary/aromatic N) is 1. The van der Waals surface area contributed by atoms with Crippen molar-refractivity contribution in [2.45, 2.75) is 13.2 Å². The number of likely N-dealkylation sites (N-methyl/N-ethyl adjacent to an activating group) is 1. The lowest BCUT2D eigenvalue weighted by Gasteiger charge is -2.15. The average molecular weight is 129 g/mol. The average Bonchev–Trinajstić information content (AvgIpc) is 1.84. The van der Waals surface area contributed by atoms with Crippen LogP contribution in [0.1, 0.15) is 6.92 Å². The molecule has 0 saturated heterocycles. The van der Waals surface area contributed by atoms with Crippen LogP contribution in [-0.2, 0) is 4.79 Å². The van der Waals surface area contributed by atoms with Gasteiger partial charge in [0.2, 0.25) is 0 Å². The summed E-state index contributed by atoms with van der Waals surface area (Å²) >= 11 is 0. The van der Waals surface area contributed by atoms with E-state index in [0.717, 1.165) is 0 Å². The smallest absolute Gasteiger partial charge is 0.139 e. The lowest BCUT2D eigenvalue weighted by molar-refractivity contribution is 0.0742.